The molecule has 0 saturated heterocycles. The van der Waals surface area contributed by atoms with E-state index in [1.54, 1.807) is 39.8 Å². The van der Waals surface area contributed by atoms with Crippen molar-refractivity contribution in [1.29, 1.82) is 0 Å². The summed E-state index contributed by atoms with van der Waals surface area (Å²) < 4.78 is 13.5. The number of nitrogens with zero attached hydrogens (tertiary/aromatic N) is 1. The van der Waals surface area contributed by atoms with Crippen molar-refractivity contribution in [2.75, 3.05) is 5.32 Å². The van der Waals surface area contributed by atoms with Gasteiger partial charge in [-0.3, -0.25) is 4.79 Å². The molecule has 2 rings (SSSR count). The van der Waals surface area contributed by atoms with Crippen molar-refractivity contribution in [3.63, 3.8) is 0 Å². The second kappa shape index (κ2) is 5.52. The minimum Gasteiger partial charge on any atom is -0.506 e. The van der Waals surface area contributed by atoms with Crippen LogP contribution in [0, 0.1) is 33.5 Å². The quantitative estimate of drug-likeness (QED) is 0.890. The molecule has 1 amide bonds. The number of halogens is 1. The average molecular weight is 288 g/mol. The molecule has 5 heteroatoms. The molecule has 0 unspecified atom stereocenters. The Morgan fingerprint density at radius 1 is 1.19 bits per heavy atom. The zero-order valence-corrected chi connectivity index (χ0v) is 12.4. The monoisotopic (exact) mass is 288 g/mol. The molecule has 2 N–H and O–H groups in total. The molecule has 0 aliphatic rings. The highest BCUT2D eigenvalue weighted by atomic mass is 19.1. The predicted molar refractivity (Wildman–Crippen MR) is 79.2 cm³/mol. The fourth-order valence-corrected chi connectivity index (χ4v) is 1.97. The number of benzene rings is 1. The van der Waals surface area contributed by atoms with Crippen molar-refractivity contribution in [1.82, 2.24) is 4.98 Å². The van der Waals surface area contributed by atoms with Crippen LogP contribution in [0.3, 0.4) is 0 Å². The number of aromatic nitrogens is 1. The third kappa shape index (κ3) is 2.86. The molecule has 0 saturated carbocycles. The average Bonchev–Trinajstić information content (AvgIpc) is 2.45. The topological polar surface area (TPSA) is 62.2 Å². The van der Waals surface area contributed by atoms with Gasteiger partial charge in [-0.1, -0.05) is 6.07 Å². The number of carbonyl (C=O) groups excluding carboxylic acids is 1. The van der Waals surface area contributed by atoms with Gasteiger partial charge in [-0.25, -0.2) is 9.37 Å². The second-order valence-electron chi connectivity index (χ2n) is 5.06. The summed E-state index contributed by atoms with van der Waals surface area (Å²) in [6.07, 6.45) is 0. The third-order valence-electron chi connectivity index (χ3n) is 3.56. The number of rotatable bonds is 2. The number of aryl methyl sites for hydroxylation is 2. The number of nitrogens with one attached hydrogen (secondary N) is 1. The van der Waals surface area contributed by atoms with Crippen LogP contribution in [-0.4, -0.2) is 16.0 Å². The SMILES string of the molecule is Cc1ccc(C(=O)Nc2nc(C)c(O)c(C)c2C)cc1F. The normalized spacial score (nSPS) is 10.5. The van der Waals surface area contributed by atoms with E-state index >= 15 is 0 Å². The maximum Gasteiger partial charge on any atom is 0.256 e. The molecular formula is C16H17FN2O2. The van der Waals surface area contributed by atoms with Crippen LogP contribution in [0.15, 0.2) is 18.2 Å². The first kappa shape index (κ1) is 15.0. The number of carbonyl (C=O) groups is 1. The molecule has 1 heterocycles. The van der Waals surface area contributed by atoms with Crippen LogP contribution >= 0.6 is 0 Å². The number of amides is 1. The maximum absolute atomic E-state index is 13.5. The van der Waals surface area contributed by atoms with Crippen molar-refractivity contribution in [3.8, 4) is 5.75 Å². The maximum atomic E-state index is 13.5. The van der Waals surface area contributed by atoms with E-state index in [0.29, 0.717) is 28.2 Å². The Morgan fingerprint density at radius 2 is 1.86 bits per heavy atom. The van der Waals surface area contributed by atoms with Gasteiger partial charge in [0.1, 0.15) is 17.4 Å². The van der Waals surface area contributed by atoms with Gasteiger partial charge < -0.3 is 10.4 Å². The largest absolute Gasteiger partial charge is 0.506 e. The molecule has 0 aliphatic heterocycles. The van der Waals surface area contributed by atoms with Crippen LogP contribution < -0.4 is 5.32 Å². The molecule has 1 aromatic heterocycles. The van der Waals surface area contributed by atoms with E-state index in [9.17, 15) is 14.3 Å². The Labute approximate surface area is 122 Å². The molecule has 0 spiro atoms. The minimum atomic E-state index is -0.436. The number of hydrogen-bond acceptors (Lipinski definition) is 3. The molecule has 0 fully saturated rings. The fraction of sp³-hybridized carbons (Fsp3) is 0.250. The van der Waals surface area contributed by atoms with Gasteiger partial charge in [0.05, 0.1) is 5.69 Å². The lowest BCUT2D eigenvalue weighted by atomic mass is 10.1. The summed E-state index contributed by atoms with van der Waals surface area (Å²) in [5.74, 6) is -0.375. The van der Waals surface area contributed by atoms with Crippen LogP contribution in [0.25, 0.3) is 0 Å². The zero-order chi connectivity index (χ0) is 15.7. The van der Waals surface area contributed by atoms with Crippen LogP contribution in [-0.2, 0) is 0 Å². The van der Waals surface area contributed by atoms with Crippen molar-refractivity contribution in [2.45, 2.75) is 27.7 Å². The molecule has 0 atom stereocenters. The molecule has 21 heavy (non-hydrogen) atoms. The van der Waals surface area contributed by atoms with Crippen LogP contribution in [0.2, 0.25) is 0 Å². The Hall–Kier alpha value is -2.43. The predicted octanol–water partition coefficient (Wildman–Crippen LogP) is 3.41. The van der Waals surface area contributed by atoms with Crippen LogP contribution in [0.5, 0.6) is 5.75 Å². The first-order valence-electron chi connectivity index (χ1n) is 6.55. The summed E-state index contributed by atoms with van der Waals surface area (Å²) in [7, 11) is 0. The smallest absolute Gasteiger partial charge is 0.256 e. The van der Waals surface area contributed by atoms with Gasteiger partial charge in [-0.05, 0) is 56.5 Å². The van der Waals surface area contributed by atoms with Gasteiger partial charge in [-0.15, -0.1) is 0 Å². The molecule has 4 nitrogen and oxygen atoms in total. The Balaban J connectivity index is 2.34. The number of hydrogen-bond donors (Lipinski definition) is 2. The van der Waals surface area contributed by atoms with E-state index in [2.05, 4.69) is 10.3 Å². The number of anilines is 1. The van der Waals surface area contributed by atoms with E-state index < -0.39 is 11.7 Å². The highest BCUT2D eigenvalue weighted by Gasteiger charge is 2.14. The van der Waals surface area contributed by atoms with Gasteiger partial charge in [0.25, 0.3) is 5.91 Å². The van der Waals surface area contributed by atoms with E-state index in [1.165, 1.54) is 6.07 Å². The van der Waals surface area contributed by atoms with Gasteiger partial charge in [-0.2, -0.15) is 0 Å². The molecular weight excluding hydrogens is 271 g/mol. The second-order valence-corrected chi connectivity index (χ2v) is 5.06. The van der Waals surface area contributed by atoms with Crippen molar-refractivity contribution >= 4 is 11.7 Å². The van der Waals surface area contributed by atoms with Gasteiger partial charge in [0.2, 0.25) is 0 Å². The molecule has 0 radical (unpaired) electrons. The Morgan fingerprint density at radius 3 is 2.48 bits per heavy atom. The van der Waals surface area contributed by atoms with E-state index in [4.69, 9.17) is 0 Å². The Bertz CT molecular complexity index is 727. The van der Waals surface area contributed by atoms with Gasteiger partial charge in [0, 0.05) is 5.56 Å². The van der Waals surface area contributed by atoms with Gasteiger partial charge in [0.15, 0.2) is 0 Å². The third-order valence-corrected chi connectivity index (χ3v) is 3.56. The zero-order valence-electron chi connectivity index (χ0n) is 12.4. The fourth-order valence-electron chi connectivity index (χ4n) is 1.97. The van der Waals surface area contributed by atoms with Crippen molar-refractivity contribution < 1.29 is 14.3 Å². The minimum absolute atomic E-state index is 0.117. The van der Waals surface area contributed by atoms with E-state index in [1.807, 2.05) is 0 Å². The van der Waals surface area contributed by atoms with Gasteiger partial charge >= 0.3 is 0 Å². The molecule has 2 aromatic rings. The summed E-state index contributed by atoms with van der Waals surface area (Å²) in [6, 6.07) is 4.31. The van der Waals surface area contributed by atoms with Crippen molar-refractivity contribution in [3.05, 3.63) is 52.0 Å². The highest BCUT2D eigenvalue weighted by molar-refractivity contribution is 6.04. The lowest BCUT2D eigenvalue weighted by Crippen LogP contribution is -2.15. The molecule has 0 bridgehead atoms. The summed E-state index contributed by atoms with van der Waals surface area (Å²) in [5.41, 5.74) is 2.48. The van der Waals surface area contributed by atoms with E-state index in [-0.39, 0.29) is 11.3 Å². The standard InChI is InChI=1S/C16H17FN2O2/c1-8-5-6-12(7-13(8)17)16(21)19-15-10(3)9(2)14(20)11(4)18-15/h5-7,20H,1-4H3,(H,18,19,21). The Kier molecular flexibility index (Phi) is 3.93. The number of aromatic hydroxyl groups is 1. The molecule has 0 aliphatic carbocycles. The summed E-state index contributed by atoms with van der Waals surface area (Å²) in [5, 5.41) is 12.5. The molecule has 110 valence electrons. The summed E-state index contributed by atoms with van der Waals surface area (Å²) >= 11 is 0. The molecule has 1 aromatic carbocycles. The van der Waals surface area contributed by atoms with Crippen LogP contribution in [0.4, 0.5) is 10.2 Å². The first-order valence-corrected chi connectivity index (χ1v) is 6.55. The lowest BCUT2D eigenvalue weighted by Gasteiger charge is -2.13. The lowest BCUT2D eigenvalue weighted by molar-refractivity contribution is 0.102. The van der Waals surface area contributed by atoms with Crippen molar-refractivity contribution in [2.24, 2.45) is 0 Å². The first-order chi connectivity index (χ1) is 9.81. The van der Waals surface area contributed by atoms with E-state index in [0.717, 1.165) is 0 Å². The summed E-state index contributed by atoms with van der Waals surface area (Å²) in [4.78, 5) is 16.3. The number of pyridine rings is 1. The summed E-state index contributed by atoms with van der Waals surface area (Å²) in [6.45, 7) is 6.80. The van der Waals surface area contributed by atoms with Crippen LogP contribution in [0.1, 0.15) is 32.7 Å². The highest BCUT2D eigenvalue weighted by Crippen LogP contribution is 2.27.